The van der Waals surface area contributed by atoms with Crippen LogP contribution in [0.3, 0.4) is 0 Å². The molecule has 0 bridgehead atoms. The Morgan fingerprint density at radius 1 is 0.500 bits per heavy atom. The van der Waals surface area contributed by atoms with Crippen LogP contribution in [0.15, 0.2) is 103 Å². The highest BCUT2D eigenvalue weighted by Crippen LogP contribution is 2.29. The SMILES string of the molecule is Clc1ccc2c(c1)[Si](c1ccccc1)(c1ccccc1)c1ccccc1-2. The van der Waals surface area contributed by atoms with Gasteiger partial charge in [-0.25, -0.2) is 0 Å². The van der Waals surface area contributed by atoms with Crippen LogP contribution in [-0.2, 0) is 0 Å². The highest BCUT2D eigenvalue weighted by atomic mass is 35.5. The van der Waals surface area contributed by atoms with Crippen molar-refractivity contribution in [3.63, 3.8) is 0 Å². The number of hydrogen-bond acceptors (Lipinski definition) is 0. The minimum atomic E-state index is -2.34. The third-order valence-electron chi connectivity index (χ3n) is 5.42. The van der Waals surface area contributed by atoms with Crippen molar-refractivity contribution in [1.29, 1.82) is 0 Å². The fourth-order valence-corrected chi connectivity index (χ4v) is 9.89. The van der Waals surface area contributed by atoms with Crippen molar-refractivity contribution in [1.82, 2.24) is 0 Å². The van der Waals surface area contributed by atoms with Crippen LogP contribution in [0.1, 0.15) is 0 Å². The average molecular weight is 369 g/mol. The molecule has 124 valence electrons. The van der Waals surface area contributed by atoms with E-state index >= 15 is 0 Å². The quantitative estimate of drug-likeness (QED) is 0.417. The Morgan fingerprint density at radius 3 is 1.69 bits per heavy atom. The lowest BCUT2D eigenvalue weighted by Gasteiger charge is -2.31. The summed E-state index contributed by atoms with van der Waals surface area (Å²) in [7, 11) is -2.34. The minimum absolute atomic E-state index is 0.806. The number of hydrogen-bond donors (Lipinski definition) is 0. The lowest BCUT2D eigenvalue weighted by molar-refractivity contribution is 1.70. The summed E-state index contributed by atoms with van der Waals surface area (Å²) < 4.78 is 0. The van der Waals surface area contributed by atoms with Crippen molar-refractivity contribution in [2.24, 2.45) is 0 Å². The molecule has 1 aliphatic rings. The summed E-state index contributed by atoms with van der Waals surface area (Å²) in [5.41, 5.74) is 2.67. The number of halogens is 1. The average Bonchev–Trinajstić information content (AvgIpc) is 3.00. The Hall–Kier alpha value is -2.61. The zero-order chi connectivity index (χ0) is 17.6. The second-order valence-corrected chi connectivity index (χ2v) is 10.9. The second-order valence-electron chi connectivity index (χ2n) is 6.72. The lowest BCUT2D eigenvalue weighted by Crippen LogP contribution is -2.72. The zero-order valence-corrected chi connectivity index (χ0v) is 15.9. The first-order valence-corrected chi connectivity index (χ1v) is 11.2. The number of rotatable bonds is 2. The van der Waals surface area contributed by atoms with Gasteiger partial charge in [0.15, 0.2) is 8.07 Å². The van der Waals surface area contributed by atoms with Gasteiger partial charge in [0.2, 0.25) is 0 Å². The molecule has 4 aromatic carbocycles. The molecular weight excluding hydrogens is 352 g/mol. The number of fused-ring (bicyclic) bond motifs is 3. The minimum Gasteiger partial charge on any atom is -0.0843 e. The Morgan fingerprint density at radius 2 is 1.04 bits per heavy atom. The van der Waals surface area contributed by atoms with Crippen molar-refractivity contribution < 1.29 is 0 Å². The first kappa shape index (κ1) is 15.6. The summed E-state index contributed by atoms with van der Waals surface area (Å²) in [6.07, 6.45) is 0. The van der Waals surface area contributed by atoms with Crippen LogP contribution in [0.25, 0.3) is 11.1 Å². The van der Waals surface area contributed by atoms with E-state index in [-0.39, 0.29) is 0 Å². The molecule has 0 N–H and O–H groups in total. The Kier molecular flexibility index (Phi) is 3.59. The van der Waals surface area contributed by atoms with Gasteiger partial charge in [-0.05, 0) is 44.0 Å². The van der Waals surface area contributed by atoms with Gasteiger partial charge in [0.1, 0.15) is 0 Å². The molecule has 0 saturated heterocycles. The van der Waals surface area contributed by atoms with Crippen LogP contribution < -0.4 is 20.7 Å². The normalized spacial score (nSPS) is 13.9. The monoisotopic (exact) mass is 368 g/mol. The summed E-state index contributed by atoms with van der Waals surface area (Å²) in [4.78, 5) is 0. The molecule has 0 fully saturated rings. The first-order valence-electron chi connectivity index (χ1n) is 8.83. The molecule has 4 aromatic rings. The highest BCUT2D eigenvalue weighted by molar-refractivity contribution is 7.22. The molecule has 0 aromatic heterocycles. The molecule has 0 saturated carbocycles. The number of benzene rings is 4. The van der Waals surface area contributed by atoms with E-state index in [2.05, 4.69) is 97.1 Å². The topological polar surface area (TPSA) is 0 Å². The molecule has 0 spiro atoms. The second kappa shape index (κ2) is 5.98. The van der Waals surface area contributed by atoms with Gasteiger partial charge < -0.3 is 0 Å². The van der Waals surface area contributed by atoms with E-state index in [0.717, 1.165) is 5.02 Å². The molecule has 0 nitrogen and oxygen atoms in total. The molecular formula is C24H17ClSi. The molecule has 0 aliphatic carbocycles. The van der Waals surface area contributed by atoms with E-state index in [4.69, 9.17) is 11.6 Å². The molecule has 5 rings (SSSR count). The predicted molar refractivity (Wildman–Crippen MR) is 114 cm³/mol. The van der Waals surface area contributed by atoms with Gasteiger partial charge in [-0.3, -0.25) is 0 Å². The molecule has 0 radical (unpaired) electrons. The third-order valence-corrected chi connectivity index (χ3v) is 10.5. The lowest BCUT2D eigenvalue weighted by atomic mass is 10.1. The molecule has 26 heavy (non-hydrogen) atoms. The van der Waals surface area contributed by atoms with Gasteiger partial charge in [-0.15, -0.1) is 0 Å². The standard InChI is InChI=1S/C24H17ClSi/c25-18-15-16-22-21-13-7-8-14-23(21)26(24(22)17-18,19-9-3-1-4-10-19)20-11-5-2-6-12-20/h1-17H. The molecule has 1 heterocycles. The van der Waals surface area contributed by atoms with Crippen LogP contribution in [0.2, 0.25) is 5.02 Å². The summed E-state index contributed by atoms with van der Waals surface area (Å²) >= 11 is 6.49. The van der Waals surface area contributed by atoms with Gasteiger partial charge in [0, 0.05) is 5.02 Å². The van der Waals surface area contributed by atoms with E-state index in [1.165, 1.54) is 31.9 Å². The molecule has 1 aliphatic heterocycles. The smallest absolute Gasteiger partial charge is 0.0843 e. The predicted octanol–water partition coefficient (Wildman–Crippen LogP) is 3.70. The van der Waals surface area contributed by atoms with Gasteiger partial charge in [-0.2, -0.15) is 0 Å². The summed E-state index contributed by atoms with van der Waals surface area (Å²) in [6, 6.07) is 37.2. The molecule has 0 amide bonds. The van der Waals surface area contributed by atoms with E-state index < -0.39 is 8.07 Å². The Bertz CT molecular complexity index is 1050. The highest BCUT2D eigenvalue weighted by Gasteiger charge is 2.48. The first-order chi connectivity index (χ1) is 12.8. The largest absolute Gasteiger partial charge is 0.180 e. The van der Waals surface area contributed by atoms with Gasteiger partial charge in [-0.1, -0.05) is 103 Å². The van der Waals surface area contributed by atoms with Crippen LogP contribution >= 0.6 is 11.6 Å². The summed E-state index contributed by atoms with van der Waals surface area (Å²) in [6.45, 7) is 0. The third kappa shape index (κ3) is 2.08. The maximum Gasteiger partial charge on any atom is 0.180 e. The fourth-order valence-electron chi connectivity index (χ4n) is 4.42. The molecule has 0 atom stereocenters. The maximum absolute atomic E-state index is 6.49. The summed E-state index contributed by atoms with van der Waals surface area (Å²) in [5, 5.41) is 6.46. The van der Waals surface area contributed by atoms with E-state index in [0.29, 0.717) is 0 Å². The maximum atomic E-state index is 6.49. The van der Waals surface area contributed by atoms with Gasteiger partial charge in [0.25, 0.3) is 0 Å². The summed E-state index contributed by atoms with van der Waals surface area (Å²) in [5.74, 6) is 0. The van der Waals surface area contributed by atoms with Crippen molar-refractivity contribution in [2.45, 2.75) is 0 Å². The van der Waals surface area contributed by atoms with E-state index in [9.17, 15) is 0 Å². The fraction of sp³-hybridized carbons (Fsp3) is 0. The van der Waals surface area contributed by atoms with E-state index in [1.807, 2.05) is 6.07 Å². The zero-order valence-electron chi connectivity index (χ0n) is 14.2. The molecule has 0 unspecified atom stereocenters. The van der Waals surface area contributed by atoms with Gasteiger partial charge in [0.05, 0.1) is 0 Å². The van der Waals surface area contributed by atoms with Crippen LogP contribution in [-0.4, -0.2) is 8.07 Å². The Labute approximate surface area is 159 Å². The van der Waals surface area contributed by atoms with Crippen molar-refractivity contribution in [3.05, 3.63) is 108 Å². The van der Waals surface area contributed by atoms with Crippen LogP contribution in [0.5, 0.6) is 0 Å². The van der Waals surface area contributed by atoms with Gasteiger partial charge >= 0.3 is 0 Å². The van der Waals surface area contributed by atoms with Crippen molar-refractivity contribution >= 4 is 40.4 Å². The van der Waals surface area contributed by atoms with Crippen LogP contribution in [0.4, 0.5) is 0 Å². The van der Waals surface area contributed by atoms with Crippen LogP contribution in [0, 0.1) is 0 Å². The van der Waals surface area contributed by atoms with E-state index in [1.54, 1.807) is 0 Å². The van der Waals surface area contributed by atoms with Crippen molar-refractivity contribution in [3.8, 4) is 11.1 Å². The molecule has 2 heteroatoms. The van der Waals surface area contributed by atoms with Crippen molar-refractivity contribution in [2.75, 3.05) is 0 Å². The Balaban J connectivity index is 1.99.